The number of carbonyl (C=O) groups is 4. The molecule has 28 heavy (non-hydrogen) atoms. The van der Waals surface area contributed by atoms with E-state index in [-0.39, 0.29) is 12.8 Å². The Bertz CT molecular complexity index is 724. The molecule has 154 valence electrons. The van der Waals surface area contributed by atoms with Crippen LogP contribution >= 0.6 is 0 Å². The number of rotatable bonds is 9. The van der Waals surface area contributed by atoms with Crippen molar-refractivity contribution in [1.29, 1.82) is 0 Å². The Balaban J connectivity index is 2.98. The fourth-order valence-electron chi connectivity index (χ4n) is 2.63. The van der Waals surface area contributed by atoms with Gasteiger partial charge in [-0.2, -0.15) is 0 Å². The Kier molecular flexibility index (Phi) is 9.07. The maximum absolute atomic E-state index is 13.4. The third-order valence-electron chi connectivity index (χ3n) is 4.06. The van der Waals surface area contributed by atoms with E-state index in [2.05, 4.69) is 15.4 Å². The molecule has 0 aromatic heterocycles. The van der Waals surface area contributed by atoms with Gasteiger partial charge in [-0.3, -0.25) is 14.4 Å². The van der Waals surface area contributed by atoms with Crippen LogP contribution in [0.4, 0.5) is 4.39 Å². The minimum absolute atomic E-state index is 0.0163. The summed E-state index contributed by atoms with van der Waals surface area (Å²) in [5.41, 5.74) is 0.492. The summed E-state index contributed by atoms with van der Waals surface area (Å²) < 4.78 is 22.7. The van der Waals surface area contributed by atoms with Gasteiger partial charge in [0.1, 0.15) is 17.9 Å². The van der Waals surface area contributed by atoms with Crippen LogP contribution in [0.25, 0.3) is 0 Å². The third-order valence-corrected chi connectivity index (χ3v) is 4.06. The summed E-state index contributed by atoms with van der Waals surface area (Å²) in [5.74, 6) is -3.50. The number of esters is 2. The highest BCUT2D eigenvalue weighted by atomic mass is 19.1. The van der Waals surface area contributed by atoms with Crippen LogP contribution in [0.5, 0.6) is 0 Å². The zero-order valence-corrected chi connectivity index (χ0v) is 16.3. The molecule has 0 fully saturated rings. The van der Waals surface area contributed by atoms with E-state index in [1.165, 1.54) is 32.2 Å². The van der Waals surface area contributed by atoms with Crippen molar-refractivity contribution in [1.82, 2.24) is 10.6 Å². The molecule has 2 N–H and O–H groups in total. The maximum atomic E-state index is 13.4. The van der Waals surface area contributed by atoms with Crippen molar-refractivity contribution in [3.05, 3.63) is 35.6 Å². The Morgan fingerprint density at radius 2 is 1.79 bits per heavy atom. The number of nitrogens with one attached hydrogen (secondary N) is 2. The van der Waals surface area contributed by atoms with Gasteiger partial charge >= 0.3 is 11.9 Å². The summed E-state index contributed by atoms with van der Waals surface area (Å²) in [5, 5.41) is 4.99. The lowest BCUT2D eigenvalue weighted by Crippen LogP contribution is -2.54. The Morgan fingerprint density at radius 1 is 1.11 bits per heavy atom. The van der Waals surface area contributed by atoms with Crippen molar-refractivity contribution >= 4 is 23.8 Å². The molecular weight excluding hydrogens is 371 g/mol. The van der Waals surface area contributed by atoms with Crippen LogP contribution in [0.15, 0.2) is 24.3 Å². The van der Waals surface area contributed by atoms with Gasteiger partial charge in [0.25, 0.3) is 0 Å². The summed E-state index contributed by atoms with van der Waals surface area (Å²) in [6.45, 7) is 2.82. The minimum atomic E-state index is -1.12. The van der Waals surface area contributed by atoms with E-state index < -0.39 is 47.6 Å². The second-order valence-corrected chi connectivity index (χ2v) is 6.35. The molecule has 0 aliphatic rings. The van der Waals surface area contributed by atoms with Crippen LogP contribution in [-0.2, 0) is 35.1 Å². The van der Waals surface area contributed by atoms with Crippen LogP contribution in [0.3, 0.4) is 0 Å². The van der Waals surface area contributed by atoms with E-state index in [0.29, 0.717) is 5.56 Å². The smallest absolute Gasteiger partial charge is 0.328 e. The standard InChI is InChI=1S/C19H25FN2O6/c1-11(8-16(24)27-3)17(19(26)28-4)22-18(25)15(21-12(2)23)10-13-6-5-7-14(20)9-13/h5-7,9,11,15,17H,8,10H2,1-4H3,(H,21,23)(H,22,25)/t11-,15+,17-/m0/s1. The number of amides is 2. The van der Waals surface area contributed by atoms with Gasteiger partial charge in [-0.25, -0.2) is 9.18 Å². The molecule has 3 atom stereocenters. The second-order valence-electron chi connectivity index (χ2n) is 6.35. The molecule has 0 bridgehead atoms. The van der Waals surface area contributed by atoms with Crippen LogP contribution < -0.4 is 10.6 Å². The van der Waals surface area contributed by atoms with E-state index in [4.69, 9.17) is 4.74 Å². The number of hydrogen-bond donors (Lipinski definition) is 2. The highest BCUT2D eigenvalue weighted by molar-refractivity contribution is 5.90. The molecule has 0 spiro atoms. The third kappa shape index (κ3) is 7.34. The van der Waals surface area contributed by atoms with Gasteiger partial charge in [0.2, 0.25) is 11.8 Å². The van der Waals surface area contributed by atoms with Gasteiger partial charge in [-0.05, 0) is 23.6 Å². The molecule has 0 unspecified atom stereocenters. The largest absolute Gasteiger partial charge is 0.469 e. The molecule has 1 aromatic carbocycles. The number of carbonyl (C=O) groups excluding carboxylic acids is 4. The molecule has 9 heteroatoms. The zero-order valence-electron chi connectivity index (χ0n) is 16.3. The summed E-state index contributed by atoms with van der Waals surface area (Å²) in [7, 11) is 2.37. The number of hydrogen-bond acceptors (Lipinski definition) is 6. The topological polar surface area (TPSA) is 111 Å². The van der Waals surface area contributed by atoms with Gasteiger partial charge in [-0.1, -0.05) is 19.1 Å². The Hall–Kier alpha value is -2.97. The first-order valence-corrected chi connectivity index (χ1v) is 8.64. The zero-order chi connectivity index (χ0) is 21.3. The van der Waals surface area contributed by atoms with E-state index >= 15 is 0 Å². The van der Waals surface area contributed by atoms with Crippen LogP contribution in [0.1, 0.15) is 25.8 Å². The quantitative estimate of drug-likeness (QED) is 0.596. The normalized spacial score (nSPS) is 13.6. The SMILES string of the molecule is COC(=O)C[C@H](C)[C@H](NC(=O)[C@@H](Cc1cccc(F)c1)NC(C)=O)C(=O)OC. The van der Waals surface area contributed by atoms with Gasteiger partial charge in [0.15, 0.2) is 0 Å². The average molecular weight is 396 g/mol. The highest BCUT2D eigenvalue weighted by Crippen LogP contribution is 2.13. The molecule has 0 heterocycles. The molecule has 0 aliphatic carbocycles. The van der Waals surface area contributed by atoms with E-state index in [1.54, 1.807) is 13.0 Å². The molecule has 8 nitrogen and oxygen atoms in total. The maximum Gasteiger partial charge on any atom is 0.328 e. The number of ether oxygens (including phenoxy) is 2. The summed E-state index contributed by atoms with van der Waals surface area (Å²) in [4.78, 5) is 47.8. The van der Waals surface area contributed by atoms with Crippen molar-refractivity contribution < 1.29 is 33.0 Å². The second kappa shape index (κ2) is 11.0. The molecule has 0 saturated carbocycles. The fraction of sp³-hybridized carbons (Fsp3) is 0.474. The van der Waals surface area contributed by atoms with Crippen molar-refractivity contribution in [2.45, 2.75) is 38.8 Å². The van der Waals surface area contributed by atoms with Crippen molar-refractivity contribution in [3.63, 3.8) is 0 Å². The van der Waals surface area contributed by atoms with Gasteiger partial charge in [0, 0.05) is 13.3 Å². The first kappa shape index (κ1) is 23.1. The summed E-state index contributed by atoms with van der Waals surface area (Å²) >= 11 is 0. The van der Waals surface area contributed by atoms with Crippen molar-refractivity contribution in [2.75, 3.05) is 14.2 Å². The van der Waals surface area contributed by atoms with Gasteiger partial charge < -0.3 is 20.1 Å². The number of methoxy groups -OCH3 is 2. The van der Waals surface area contributed by atoms with Crippen molar-refractivity contribution in [2.24, 2.45) is 5.92 Å². The first-order chi connectivity index (χ1) is 13.2. The lowest BCUT2D eigenvalue weighted by atomic mass is 9.97. The fourth-order valence-corrected chi connectivity index (χ4v) is 2.63. The molecule has 1 rings (SSSR count). The van der Waals surface area contributed by atoms with Crippen LogP contribution in [0, 0.1) is 11.7 Å². The van der Waals surface area contributed by atoms with Crippen LogP contribution in [-0.4, -0.2) is 50.1 Å². The number of halogens is 1. The van der Waals surface area contributed by atoms with Crippen molar-refractivity contribution in [3.8, 4) is 0 Å². The lowest BCUT2D eigenvalue weighted by molar-refractivity contribution is -0.148. The molecule has 0 radical (unpaired) electrons. The predicted octanol–water partition coefficient (Wildman–Crippen LogP) is 0.730. The summed E-state index contributed by atoms with van der Waals surface area (Å²) in [6, 6.07) is 3.45. The van der Waals surface area contributed by atoms with E-state index in [1.807, 2.05) is 0 Å². The van der Waals surface area contributed by atoms with E-state index in [9.17, 15) is 23.6 Å². The molecule has 0 aliphatic heterocycles. The average Bonchev–Trinajstić information content (AvgIpc) is 2.64. The molecule has 1 aromatic rings. The lowest BCUT2D eigenvalue weighted by Gasteiger charge is -2.25. The van der Waals surface area contributed by atoms with E-state index in [0.717, 1.165) is 7.11 Å². The number of benzene rings is 1. The first-order valence-electron chi connectivity index (χ1n) is 8.64. The summed E-state index contributed by atoms with van der Waals surface area (Å²) in [6.07, 6.45) is -0.103. The van der Waals surface area contributed by atoms with Crippen LogP contribution in [0.2, 0.25) is 0 Å². The Morgan fingerprint density at radius 3 is 2.32 bits per heavy atom. The highest BCUT2D eigenvalue weighted by Gasteiger charge is 2.32. The monoisotopic (exact) mass is 396 g/mol. The van der Waals surface area contributed by atoms with Gasteiger partial charge in [0.05, 0.1) is 20.6 Å². The molecular formula is C19H25FN2O6. The minimum Gasteiger partial charge on any atom is -0.469 e. The molecule has 0 saturated heterocycles. The predicted molar refractivity (Wildman–Crippen MR) is 97.5 cm³/mol. The Labute approximate surface area is 162 Å². The van der Waals surface area contributed by atoms with Gasteiger partial charge in [-0.15, -0.1) is 0 Å². The molecule has 2 amide bonds.